The van der Waals surface area contributed by atoms with Crippen molar-refractivity contribution in [3.05, 3.63) is 93.5 Å². The maximum Gasteiger partial charge on any atom is 0.258 e. The molecule has 0 amide bonds. The van der Waals surface area contributed by atoms with Gasteiger partial charge in [0.2, 0.25) is 5.88 Å². The number of H-pyrrole nitrogens is 1. The molecule has 5 nitrogen and oxygen atoms in total. The highest BCUT2D eigenvalue weighted by Gasteiger charge is 2.33. The summed E-state index contributed by atoms with van der Waals surface area (Å²) >= 11 is 0. The predicted octanol–water partition coefficient (Wildman–Crippen LogP) is 4.53. The lowest BCUT2D eigenvalue weighted by Gasteiger charge is -2.28. The third kappa shape index (κ3) is 2.47. The van der Waals surface area contributed by atoms with Crippen LogP contribution in [0.4, 0.5) is 0 Å². The zero-order valence-corrected chi connectivity index (χ0v) is 15.5. The van der Waals surface area contributed by atoms with Crippen molar-refractivity contribution in [1.29, 1.82) is 0 Å². The molecule has 1 unspecified atom stereocenters. The first kappa shape index (κ1) is 16.6. The van der Waals surface area contributed by atoms with Gasteiger partial charge in [-0.2, -0.15) is 4.98 Å². The Bertz CT molecular complexity index is 1280. The van der Waals surface area contributed by atoms with Crippen molar-refractivity contribution in [2.24, 2.45) is 0 Å². The Morgan fingerprint density at radius 1 is 1.07 bits per heavy atom. The molecule has 0 radical (unpaired) electrons. The first-order valence-electron chi connectivity index (χ1n) is 9.10. The molecule has 0 saturated heterocycles. The molecule has 1 aliphatic rings. The van der Waals surface area contributed by atoms with Gasteiger partial charge in [0.1, 0.15) is 17.3 Å². The van der Waals surface area contributed by atoms with E-state index in [9.17, 15) is 4.79 Å². The monoisotopic (exact) mass is 370 g/mol. The average Bonchev–Trinajstić information content (AvgIpc) is 2.72. The fourth-order valence-electron chi connectivity index (χ4n) is 3.92. The lowest BCUT2D eigenvalue weighted by atomic mass is 9.83. The molecule has 1 N–H and O–H groups in total. The molecule has 0 bridgehead atoms. The zero-order chi connectivity index (χ0) is 19.3. The Balaban J connectivity index is 1.85. The van der Waals surface area contributed by atoms with Crippen molar-refractivity contribution in [1.82, 2.24) is 9.97 Å². The molecule has 5 rings (SSSR count). The molecule has 0 fully saturated rings. The minimum absolute atomic E-state index is 0.186. The number of nitrogens with one attached hydrogen (secondary N) is 1. The van der Waals surface area contributed by atoms with E-state index in [1.54, 1.807) is 14.0 Å². The molecule has 1 aromatic heterocycles. The summed E-state index contributed by atoms with van der Waals surface area (Å²) in [5.41, 5.74) is 2.22. The highest BCUT2D eigenvalue weighted by Crippen LogP contribution is 2.48. The summed E-state index contributed by atoms with van der Waals surface area (Å²) in [5, 5.41) is 2.08. The van der Waals surface area contributed by atoms with Crippen molar-refractivity contribution in [2.75, 3.05) is 7.11 Å². The van der Waals surface area contributed by atoms with E-state index in [1.807, 2.05) is 54.6 Å². The normalized spacial score (nSPS) is 14.9. The molecule has 1 aliphatic heterocycles. The maximum absolute atomic E-state index is 12.9. The summed E-state index contributed by atoms with van der Waals surface area (Å²) in [6.45, 7) is 1.75. The van der Waals surface area contributed by atoms with Gasteiger partial charge < -0.3 is 14.5 Å². The number of benzene rings is 3. The summed E-state index contributed by atoms with van der Waals surface area (Å²) in [7, 11) is 1.64. The molecular formula is C23H18N2O3. The molecule has 0 aliphatic carbocycles. The Hall–Kier alpha value is -3.60. The highest BCUT2D eigenvalue weighted by atomic mass is 16.5. The molecule has 4 aromatic rings. The van der Waals surface area contributed by atoms with Crippen molar-refractivity contribution < 1.29 is 9.47 Å². The maximum atomic E-state index is 12.9. The van der Waals surface area contributed by atoms with E-state index >= 15 is 0 Å². The van der Waals surface area contributed by atoms with Gasteiger partial charge in [-0.25, -0.2) is 0 Å². The topological polar surface area (TPSA) is 64.2 Å². The van der Waals surface area contributed by atoms with E-state index in [2.05, 4.69) is 16.0 Å². The van der Waals surface area contributed by atoms with Crippen LogP contribution >= 0.6 is 0 Å². The largest absolute Gasteiger partial charge is 0.497 e. The van der Waals surface area contributed by atoms with Gasteiger partial charge in [-0.1, -0.05) is 48.5 Å². The Morgan fingerprint density at radius 3 is 2.79 bits per heavy atom. The third-order valence-electron chi connectivity index (χ3n) is 5.17. The molecule has 28 heavy (non-hydrogen) atoms. The fraction of sp³-hybridized carbons (Fsp3) is 0.130. The van der Waals surface area contributed by atoms with E-state index in [-0.39, 0.29) is 11.5 Å². The Morgan fingerprint density at radius 2 is 1.93 bits per heavy atom. The fourth-order valence-corrected chi connectivity index (χ4v) is 3.92. The van der Waals surface area contributed by atoms with Crippen LogP contribution < -0.4 is 15.0 Å². The Labute approximate surface area is 161 Å². The van der Waals surface area contributed by atoms with Gasteiger partial charge in [0, 0.05) is 16.9 Å². The summed E-state index contributed by atoms with van der Waals surface area (Å²) in [4.78, 5) is 20.2. The summed E-state index contributed by atoms with van der Waals surface area (Å²) < 4.78 is 11.6. The SMILES string of the molecule is COc1cccc(C2c3ccc4ccccc4c3Oc3nc(C)[nH]c(=O)c32)c1. The van der Waals surface area contributed by atoms with E-state index in [0.29, 0.717) is 17.3 Å². The molecule has 5 heteroatoms. The lowest BCUT2D eigenvalue weighted by molar-refractivity contribution is 0.413. The van der Waals surface area contributed by atoms with Crippen molar-refractivity contribution in [2.45, 2.75) is 12.8 Å². The molecule has 0 saturated carbocycles. The van der Waals surface area contributed by atoms with Crippen LogP contribution in [0.2, 0.25) is 0 Å². The number of methoxy groups -OCH3 is 1. The van der Waals surface area contributed by atoms with Crippen LogP contribution in [0.1, 0.15) is 28.4 Å². The van der Waals surface area contributed by atoms with Crippen molar-refractivity contribution >= 4 is 10.8 Å². The number of fused-ring (bicyclic) bond motifs is 4. The number of ether oxygens (including phenoxy) is 2. The van der Waals surface area contributed by atoms with Crippen LogP contribution in [0.3, 0.4) is 0 Å². The first-order valence-corrected chi connectivity index (χ1v) is 9.10. The number of rotatable bonds is 2. The van der Waals surface area contributed by atoms with Crippen LogP contribution in [-0.2, 0) is 0 Å². The van der Waals surface area contributed by atoms with Crippen molar-refractivity contribution in [3.8, 4) is 17.4 Å². The van der Waals surface area contributed by atoms with Crippen LogP contribution in [0.5, 0.6) is 17.4 Å². The van der Waals surface area contributed by atoms with Gasteiger partial charge >= 0.3 is 0 Å². The predicted molar refractivity (Wildman–Crippen MR) is 108 cm³/mol. The smallest absolute Gasteiger partial charge is 0.258 e. The average molecular weight is 370 g/mol. The second-order valence-corrected chi connectivity index (χ2v) is 6.89. The van der Waals surface area contributed by atoms with Crippen molar-refractivity contribution in [3.63, 3.8) is 0 Å². The molecule has 3 aromatic carbocycles. The number of aromatic nitrogens is 2. The van der Waals surface area contributed by atoms with Crippen LogP contribution in [0.25, 0.3) is 10.8 Å². The van der Waals surface area contributed by atoms with E-state index in [0.717, 1.165) is 33.4 Å². The van der Waals surface area contributed by atoms with Crippen LogP contribution in [0, 0.1) is 6.92 Å². The summed E-state index contributed by atoms with van der Waals surface area (Å²) in [6, 6.07) is 19.9. The summed E-state index contributed by atoms with van der Waals surface area (Å²) in [5.74, 6) is 2.07. The van der Waals surface area contributed by atoms with E-state index < -0.39 is 0 Å². The van der Waals surface area contributed by atoms with Gasteiger partial charge in [0.25, 0.3) is 5.56 Å². The van der Waals surface area contributed by atoms with Crippen LogP contribution in [-0.4, -0.2) is 17.1 Å². The van der Waals surface area contributed by atoms with E-state index in [1.165, 1.54) is 0 Å². The second kappa shape index (κ2) is 6.23. The number of aromatic amines is 1. The quantitative estimate of drug-likeness (QED) is 0.496. The molecular weight excluding hydrogens is 352 g/mol. The zero-order valence-electron chi connectivity index (χ0n) is 15.5. The van der Waals surface area contributed by atoms with E-state index in [4.69, 9.17) is 9.47 Å². The van der Waals surface area contributed by atoms with Gasteiger partial charge in [-0.3, -0.25) is 4.79 Å². The standard InChI is InChI=1S/C23H18N2O3/c1-13-24-22(26)20-19(15-7-5-8-16(12-15)27-2)18-11-10-14-6-3-4-9-17(14)21(18)28-23(20)25-13/h3-12,19H,1-2H3,(H,24,25,26). The van der Waals surface area contributed by atoms with Gasteiger partial charge in [0.05, 0.1) is 12.7 Å². The number of hydrogen-bond donors (Lipinski definition) is 1. The molecule has 1 atom stereocenters. The van der Waals surface area contributed by atoms with Crippen LogP contribution in [0.15, 0.2) is 65.5 Å². The first-order chi connectivity index (χ1) is 13.7. The number of aryl methyl sites for hydroxylation is 1. The minimum Gasteiger partial charge on any atom is -0.497 e. The highest BCUT2D eigenvalue weighted by molar-refractivity contribution is 5.91. The second-order valence-electron chi connectivity index (χ2n) is 6.89. The Kier molecular flexibility index (Phi) is 3.69. The molecule has 0 spiro atoms. The number of nitrogens with zero attached hydrogens (tertiary/aromatic N) is 1. The van der Waals surface area contributed by atoms with Gasteiger partial charge in [-0.05, 0) is 30.0 Å². The summed E-state index contributed by atoms with van der Waals surface area (Å²) in [6.07, 6.45) is 0. The molecule has 138 valence electrons. The number of hydrogen-bond acceptors (Lipinski definition) is 4. The third-order valence-corrected chi connectivity index (χ3v) is 5.17. The lowest BCUT2D eigenvalue weighted by Crippen LogP contribution is -2.24. The molecule has 2 heterocycles. The van der Waals surface area contributed by atoms with Gasteiger partial charge in [0.15, 0.2) is 0 Å². The van der Waals surface area contributed by atoms with Gasteiger partial charge in [-0.15, -0.1) is 0 Å². The minimum atomic E-state index is -0.296.